The molecule has 116 valence electrons. The number of fused-ring (bicyclic) bond motifs is 1. The number of carbonyl (C=O) groups is 1. The summed E-state index contributed by atoms with van der Waals surface area (Å²) in [5.41, 5.74) is 4.31. The predicted molar refractivity (Wildman–Crippen MR) is 90.9 cm³/mol. The molecule has 1 aromatic carbocycles. The monoisotopic (exact) mass is 372 g/mol. The summed E-state index contributed by atoms with van der Waals surface area (Å²) < 4.78 is 7.76. The Bertz CT molecular complexity index is 871. The quantitative estimate of drug-likeness (QED) is 0.565. The molecule has 0 radical (unpaired) electrons. The number of ether oxygens (including phenoxy) is 1. The number of rotatable bonds is 4. The first-order valence-corrected chi connectivity index (χ1v) is 7.57. The first-order chi connectivity index (χ1) is 11.2. The molecular weight excluding hydrogens is 360 g/mol. The summed E-state index contributed by atoms with van der Waals surface area (Å²) in [6.45, 7) is 0. The molecule has 0 saturated carbocycles. The molecule has 0 fully saturated rings. The van der Waals surface area contributed by atoms with Crippen molar-refractivity contribution in [3.63, 3.8) is 0 Å². The lowest BCUT2D eigenvalue weighted by Crippen LogP contribution is -2.17. The van der Waals surface area contributed by atoms with E-state index in [4.69, 9.17) is 4.74 Å². The van der Waals surface area contributed by atoms with Crippen molar-refractivity contribution in [3.05, 3.63) is 64.5 Å². The van der Waals surface area contributed by atoms with Gasteiger partial charge in [0.05, 0.1) is 13.3 Å². The van der Waals surface area contributed by atoms with Crippen LogP contribution in [0.5, 0.6) is 5.75 Å². The molecule has 23 heavy (non-hydrogen) atoms. The normalized spacial score (nSPS) is 11.0. The van der Waals surface area contributed by atoms with Gasteiger partial charge in [0.2, 0.25) is 0 Å². The van der Waals surface area contributed by atoms with E-state index in [0.717, 1.165) is 15.8 Å². The second kappa shape index (κ2) is 6.62. The van der Waals surface area contributed by atoms with Crippen LogP contribution in [0.4, 0.5) is 0 Å². The van der Waals surface area contributed by atoms with Crippen LogP contribution in [0.3, 0.4) is 0 Å². The molecule has 0 spiro atoms. The number of hydrogen-bond donors (Lipinski definition) is 1. The van der Waals surface area contributed by atoms with E-state index in [1.54, 1.807) is 23.9 Å². The summed E-state index contributed by atoms with van der Waals surface area (Å²) in [5, 5.41) is 3.94. The van der Waals surface area contributed by atoms with Gasteiger partial charge in [0, 0.05) is 16.9 Å². The lowest BCUT2D eigenvalue weighted by Gasteiger charge is -1.99. The molecule has 2 aromatic heterocycles. The minimum Gasteiger partial charge on any atom is -0.497 e. The number of benzene rings is 1. The predicted octanol–water partition coefficient (Wildman–Crippen LogP) is 2.87. The van der Waals surface area contributed by atoms with Gasteiger partial charge in [0.15, 0.2) is 0 Å². The largest absolute Gasteiger partial charge is 0.497 e. The number of nitrogens with one attached hydrogen (secondary N) is 1. The van der Waals surface area contributed by atoms with Crippen molar-refractivity contribution in [1.29, 1.82) is 0 Å². The van der Waals surface area contributed by atoms with Gasteiger partial charge in [-0.15, -0.1) is 0 Å². The van der Waals surface area contributed by atoms with Crippen molar-refractivity contribution in [2.45, 2.75) is 0 Å². The summed E-state index contributed by atoms with van der Waals surface area (Å²) in [6.07, 6.45) is 5.04. The van der Waals surface area contributed by atoms with Gasteiger partial charge >= 0.3 is 0 Å². The van der Waals surface area contributed by atoms with Crippen molar-refractivity contribution in [3.8, 4) is 5.75 Å². The molecule has 6 nitrogen and oxygen atoms in total. The van der Waals surface area contributed by atoms with Gasteiger partial charge in [-0.2, -0.15) is 5.10 Å². The third-order valence-corrected chi connectivity index (χ3v) is 3.61. The molecule has 2 heterocycles. The van der Waals surface area contributed by atoms with Gasteiger partial charge in [0.1, 0.15) is 17.1 Å². The van der Waals surface area contributed by atoms with E-state index >= 15 is 0 Å². The van der Waals surface area contributed by atoms with E-state index < -0.39 is 0 Å². The van der Waals surface area contributed by atoms with Crippen LogP contribution in [0.15, 0.2) is 58.4 Å². The summed E-state index contributed by atoms with van der Waals surface area (Å²) in [6, 6.07) is 11.0. The van der Waals surface area contributed by atoms with Crippen molar-refractivity contribution in [1.82, 2.24) is 14.8 Å². The zero-order chi connectivity index (χ0) is 16.2. The van der Waals surface area contributed by atoms with Gasteiger partial charge < -0.3 is 9.14 Å². The van der Waals surface area contributed by atoms with Crippen molar-refractivity contribution >= 4 is 33.7 Å². The summed E-state index contributed by atoms with van der Waals surface area (Å²) in [4.78, 5) is 16.3. The first-order valence-electron chi connectivity index (χ1n) is 6.77. The van der Waals surface area contributed by atoms with Gasteiger partial charge in [-0.25, -0.2) is 10.4 Å². The highest BCUT2D eigenvalue weighted by molar-refractivity contribution is 9.10. The molecule has 3 aromatic rings. The second-order valence-corrected chi connectivity index (χ2v) is 5.63. The Hall–Kier alpha value is -2.67. The molecule has 0 atom stereocenters. The second-order valence-electron chi connectivity index (χ2n) is 4.71. The Morgan fingerprint density at radius 2 is 2.04 bits per heavy atom. The van der Waals surface area contributed by atoms with Gasteiger partial charge in [-0.1, -0.05) is 0 Å². The third-order valence-electron chi connectivity index (χ3n) is 3.14. The molecule has 0 unspecified atom stereocenters. The Morgan fingerprint density at radius 3 is 2.78 bits per heavy atom. The Morgan fingerprint density at radius 1 is 1.26 bits per heavy atom. The van der Waals surface area contributed by atoms with Crippen LogP contribution in [0.1, 0.15) is 16.1 Å². The van der Waals surface area contributed by atoms with E-state index in [1.807, 2.05) is 42.6 Å². The van der Waals surface area contributed by atoms with E-state index in [9.17, 15) is 4.79 Å². The topological polar surface area (TPSA) is 68.0 Å². The Labute approximate surface area is 140 Å². The molecule has 1 N–H and O–H groups in total. The van der Waals surface area contributed by atoms with Gasteiger partial charge in [-0.3, -0.25) is 4.79 Å². The number of nitrogens with zero attached hydrogens (tertiary/aromatic N) is 3. The van der Waals surface area contributed by atoms with E-state index in [0.29, 0.717) is 11.3 Å². The van der Waals surface area contributed by atoms with Crippen molar-refractivity contribution in [2.75, 3.05) is 7.11 Å². The molecule has 7 heteroatoms. The number of aromatic nitrogens is 2. The zero-order valence-electron chi connectivity index (χ0n) is 12.2. The van der Waals surface area contributed by atoms with E-state index in [2.05, 4.69) is 31.4 Å². The van der Waals surface area contributed by atoms with E-state index in [-0.39, 0.29) is 5.91 Å². The smallest absolute Gasteiger partial charge is 0.291 e. The number of hydrazone groups is 1. The number of hydrogen-bond acceptors (Lipinski definition) is 4. The minimum atomic E-state index is -0.366. The number of pyridine rings is 1. The van der Waals surface area contributed by atoms with Crippen LogP contribution in [0.25, 0.3) is 5.65 Å². The lowest BCUT2D eigenvalue weighted by atomic mass is 10.2. The maximum atomic E-state index is 12.1. The standard InChI is InChI=1S/C16H13BrN4O2/c1-23-13-5-2-11(3-6-13)8-18-20-16(22)14-10-21-9-12(17)4-7-15(21)19-14/h2-10H,1H3,(H,20,22)/b18-8+. The van der Waals surface area contributed by atoms with Crippen molar-refractivity contribution < 1.29 is 9.53 Å². The van der Waals surface area contributed by atoms with Crippen LogP contribution in [0, 0.1) is 0 Å². The van der Waals surface area contributed by atoms with Gasteiger partial charge in [-0.05, 0) is 57.9 Å². The molecule has 0 aliphatic heterocycles. The maximum Gasteiger partial charge on any atom is 0.291 e. The van der Waals surface area contributed by atoms with Crippen LogP contribution < -0.4 is 10.2 Å². The average Bonchev–Trinajstić information content (AvgIpc) is 2.98. The van der Waals surface area contributed by atoms with Gasteiger partial charge in [0.25, 0.3) is 5.91 Å². The van der Waals surface area contributed by atoms with Crippen LogP contribution in [0.2, 0.25) is 0 Å². The molecule has 3 rings (SSSR count). The molecule has 0 aliphatic rings. The SMILES string of the molecule is COc1ccc(/C=N/NC(=O)c2cn3cc(Br)ccc3n2)cc1. The third kappa shape index (κ3) is 3.57. The number of imidazole rings is 1. The van der Waals surface area contributed by atoms with Crippen LogP contribution >= 0.6 is 15.9 Å². The molecular formula is C16H13BrN4O2. The average molecular weight is 373 g/mol. The molecule has 0 aliphatic carbocycles. The zero-order valence-corrected chi connectivity index (χ0v) is 13.8. The fourth-order valence-corrected chi connectivity index (χ4v) is 2.34. The highest BCUT2D eigenvalue weighted by Gasteiger charge is 2.09. The summed E-state index contributed by atoms with van der Waals surface area (Å²) >= 11 is 3.38. The fraction of sp³-hybridized carbons (Fsp3) is 0.0625. The Kier molecular flexibility index (Phi) is 4.38. The van der Waals surface area contributed by atoms with E-state index in [1.165, 1.54) is 0 Å². The van der Waals surface area contributed by atoms with Crippen LogP contribution in [-0.2, 0) is 0 Å². The minimum absolute atomic E-state index is 0.301. The highest BCUT2D eigenvalue weighted by atomic mass is 79.9. The number of halogens is 1. The summed E-state index contributed by atoms with van der Waals surface area (Å²) in [5.74, 6) is 0.400. The number of carbonyl (C=O) groups excluding carboxylic acids is 1. The molecule has 0 saturated heterocycles. The van der Waals surface area contributed by atoms with Crippen molar-refractivity contribution in [2.24, 2.45) is 5.10 Å². The number of methoxy groups -OCH3 is 1. The first kappa shape index (κ1) is 15.2. The number of amides is 1. The Balaban J connectivity index is 1.68. The molecule has 1 amide bonds. The highest BCUT2D eigenvalue weighted by Crippen LogP contribution is 2.12. The summed E-state index contributed by atoms with van der Waals surface area (Å²) in [7, 11) is 1.61. The van der Waals surface area contributed by atoms with Crippen LogP contribution in [-0.4, -0.2) is 28.6 Å². The molecule has 0 bridgehead atoms. The fourth-order valence-electron chi connectivity index (χ4n) is 1.99. The maximum absolute atomic E-state index is 12.1. The lowest BCUT2D eigenvalue weighted by molar-refractivity contribution is 0.0951.